The molecule has 5 nitrogen and oxygen atoms in total. The lowest BCUT2D eigenvalue weighted by molar-refractivity contribution is -0.132. The molecule has 106 valence electrons. The van der Waals surface area contributed by atoms with Gasteiger partial charge in [0.2, 0.25) is 0 Å². The monoisotopic (exact) mass is 315 g/mol. The zero-order valence-electron chi connectivity index (χ0n) is 10.7. The molecule has 0 unspecified atom stereocenters. The third kappa shape index (κ3) is 4.08. The van der Waals surface area contributed by atoms with E-state index < -0.39 is 11.2 Å². The van der Waals surface area contributed by atoms with E-state index in [1.165, 1.54) is 20.3 Å². The van der Waals surface area contributed by atoms with Crippen molar-refractivity contribution in [2.45, 2.75) is 0 Å². The highest BCUT2D eigenvalue weighted by molar-refractivity contribution is 6.74. The molecule has 0 aliphatic heterocycles. The molecule has 0 bridgehead atoms. The fourth-order valence-corrected chi connectivity index (χ4v) is 1.59. The van der Waals surface area contributed by atoms with Gasteiger partial charge in [-0.15, -0.1) is 0 Å². The summed E-state index contributed by atoms with van der Waals surface area (Å²) in [7, 11) is 2.53. The molecular weight excluding hydrogens is 305 g/mol. The van der Waals surface area contributed by atoms with Crippen LogP contribution < -0.4 is 0 Å². The van der Waals surface area contributed by atoms with E-state index in [2.05, 4.69) is 14.7 Å². The molecule has 7 heteroatoms. The summed E-state index contributed by atoms with van der Waals surface area (Å²) in [6.07, 6.45) is 1.33. The zero-order chi connectivity index (χ0) is 15.1. The number of halogens is 2. The van der Waals surface area contributed by atoms with Crippen LogP contribution in [-0.2, 0) is 19.2 Å². The quantitative estimate of drug-likeness (QED) is 0.275. The standard InChI is InChI=1S/C13H11Cl2NO4/c1-19-13(18)11(16-20-2)9-6-4-3-5-8(9)7-10(14)12(15)17/h3-7H,1-2H3/b10-7-,16-11+. The van der Waals surface area contributed by atoms with Crippen LogP contribution in [0.2, 0.25) is 0 Å². The molecule has 0 saturated heterocycles. The topological polar surface area (TPSA) is 65.0 Å². The third-order valence-corrected chi connectivity index (χ3v) is 2.83. The summed E-state index contributed by atoms with van der Waals surface area (Å²) in [6.45, 7) is 0. The number of rotatable bonds is 5. The number of carbonyl (C=O) groups is 2. The van der Waals surface area contributed by atoms with Gasteiger partial charge >= 0.3 is 5.97 Å². The normalized spacial score (nSPS) is 12.0. The highest BCUT2D eigenvalue weighted by atomic mass is 35.5. The summed E-state index contributed by atoms with van der Waals surface area (Å²) < 4.78 is 4.63. The van der Waals surface area contributed by atoms with Crippen LogP contribution in [0.5, 0.6) is 0 Å². The van der Waals surface area contributed by atoms with Crippen molar-refractivity contribution in [2.24, 2.45) is 5.16 Å². The summed E-state index contributed by atoms with van der Waals surface area (Å²) in [5, 5.41) is 2.65. The molecule has 0 fully saturated rings. The van der Waals surface area contributed by atoms with Crippen LogP contribution in [0, 0.1) is 0 Å². The predicted octanol–water partition coefficient (Wildman–Crippen LogP) is 2.56. The Labute approximate surface area is 125 Å². The maximum absolute atomic E-state index is 11.7. The lowest BCUT2D eigenvalue weighted by Gasteiger charge is -2.07. The lowest BCUT2D eigenvalue weighted by Crippen LogP contribution is -2.18. The van der Waals surface area contributed by atoms with E-state index in [0.717, 1.165) is 0 Å². The second-order valence-electron chi connectivity index (χ2n) is 3.47. The number of allylic oxidation sites excluding steroid dienone is 1. The second-order valence-corrected chi connectivity index (χ2v) is 4.22. The van der Waals surface area contributed by atoms with Gasteiger partial charge in [0.1, 0.15) is 12.1 Å². The van der Waals surface area contributed by atoms with Crippen LogP contribution in [0.3, 0.4) is 0 Å². The summed E-state index contributed by atoms with van der Waals surface area (Å²) in [5.41, 5.74) is 0.832. The van der Waals surface area contributed by atoms with Crippen LogP contribution in [0.1, 0.15) is 11.1 Å². The first kappa shape index (κ1) is 16.2. The van der Waals surface area contributed by atoms with Crippen LogP contribution in [0.4, 0.5) is 0 Å². The van der Waals surface area contributed by atoms with Gasteiger partial charge in [0.25, 0.3) is 5.24 Å². The van der Waals surface area contributed by atoms with Gasteiger partial charge in [-0.25, -0.2) is 4.79 Å². The van der Waals surface area contributed by atoms with Crippen molar-refractivity contribution in [1.29, 1.82) is 0 Å². The molecule has 0 aliphatic carbocycles. The summed E-state index contributed by atoms with van der Waals surface area (Å²) >= 11 is 11.0. The van der Waals surface area contributed by atoms with Crippen LogP contribution >= 0.6 is 23.2 Å². The number of nitrogens with zero attached hydrogens (tertiary/aromatic N) is 1. The van der Waals surface area contributed by atoms with Crippen molar-refractivity contribution >= 4 is 46.2 Å². The molecule has 0 aliphatic rings. The molecule has 1 aromatic carbocycles. The zero-order valence-corrected chi connectivity index (χ0v) is 12.2. The molecule has 0 amide bonds. The fourth-order valence-electron chi connectivity index (χ4n) is 1.42. The molecule has 0 heterocycles. The molecule has 20 heavy (non-hydrogen) atoms. The number of methoxy groups -OCH3 is 1. The highest BCUT2D eigenvalue weighted by Gasteiger charge is 2.18. The Morgan fingerprint density at radius 3 is 2.40 bits per heavy atom. The van der Waals surface area contributed by atoms with E-state index >= 15 is 0 Å². The molecule has 1 rings (SSSR count). The van der Waals surface area contributed by atoms with Crippen molar-refractivity contribution in [1.82, 2.24) is 0 Å². The molecule has 0 aromatic heterocycles. The van der Waals surface area contributed by atoms with E-state index in [1.54, 1.807) is 24.3 Å². The summed E-state index contributed by atoms with van der Waals surface area (Å²) in [4.78, 5) is 27.3. The minimum absolute atomic E-state index is 0.0478. The Bertz CT molecular complexity index is 581. The Morgan fingerprint density at radius 2 is 1.85 bits per heavy atom. The van der Waals surface area contributed by atoms with Gasteiger partial charge in [0, 0.05) is 5.56 Å². The Morgan fingerprint density at radius 1 is 1.20 bits per heavy atom. The fraction of sp³-hybridized carbons (Fsp3) is 0.154. The maximum Gasteiger partial charge on any atom is 0.360 e. The smallest absolute Gasteiger partial charge is 0.360 e. The number of carbonyl (C=O) groups excluding carboxylic acids is 2. The van der Waals surface area contributed by atoms with Crippen molar-refractivity contribution in [3.05, 3.63) is 40.4 Å². The predicted molar refractivity (Wildman–Crippen MR) is 76.7 cm³/mol. The first-order valence-electron chi connectivity index (χ1n) is 5.37. The number of ether oxygens (including phenoxy) is 1. The van der Waals surface area contributed by atoms with Crippen molar-refractivity contribution < 1.29 is 19.2 Å². The van der Waals surface area contributed by atoms with Crippen molar-refractivity contribution in [3.63, 3.8) is 0 Å². The molecule has 0 atom stereocenters. The molecule has 1 aromatic rings. The number of oxime groups is 1. The van der Waals surface area contributed by atoms with E-state index in [1.807, 2.05) is 0 Å². The van der Waals surface area contributed by atoms with Crippen LogP contribution in [0.15, 0.2) is 34.5 Å². The van der Waals surface area contributed by atoms with E-state index in [4.69, 9.17) is 23.2 Å². The lowest BCUT2D eigenvalue weighted by atomic mass is 10.0. The Balaban J connectivity index is 3.38. The minimum Gasteiger partial charge on any atom is -0.464 e. The number of hydrogen-bond acceptors (Lipinski definition) is 5. The van der Waals surface area contributed by atoms with Crippen LogP contribution in [0.25, 0.3) is 6.08 Å². The average molecular weight is 316 g/mol. The van der Waals surface area contributed by atoms with Gasteiger partial charge < -0.3 is 9.57 Å². The third-order valence-electron chi connectivity index (χ3n) is 2.25. The van der Waals surface area contributed by atoms with Gasteiger partial charge in [-0.3, -0.25) is 4.79 Å². The molecule has 0 radical (unpaired) electrons. The second kappa shape index (κ2) is 7.67. The highest BCUT2D eigenvalue weighted by Crippen LogP contribution is 2.18. The first-order valence-corrected chi connectivity index (χ1v) is 6.12. The summed E-state index contributed by atoms with van der Waals surface area (Å²) in [5.74, 6) is -0.680. The van der Waals surface area contributed by atoms with Gasteiger partial charge in [-0.05, 0) is 23.2 Å². The van der Waals surface area contributed by atoms with Gasteiger partial charge in [0.15, 0.2) is 5.71 Å². The number of hydrogen-bond donors (Lipinski definition) is 0. The van der Waals surface area contributed by atoms with Crippen molar-refractivity contribution in [2.75, 3.05) is 14.2 Å². The maximum atomic E-state index is 11.7. The first-order chi connectivity index (χ1) is 9.51. The molecular formula is C13H11Cl2NO4. The van der Waals surface area contributed by atoms with Gasteiger partial charge in [-0.2, -0.15) is 0 Å². The minimum atomic E-state index is -0.801. The largest absolute Gasteiger partial charge is 0.464 e. The number of esters is 1. The Kier molecular flexibility index (Phi) is 6.21. The van der Waals surface area contributed by atoms with E-state index in [0.29, 0.717) is 11.1 Å². The van der Waals surface area contributed by atoms with Gasteiger partial charge in [-0.1, -0.05) is 41.0 Å². The number of benzene rings is 1. The van der Waals surface area contributed by atoms with Gasteiger partial charge in [0.05, 0.1) is 7.11 Å². The van der Waals surface area contributed by atoms with E-state index in [9.17, 15) is 9.59 Å². The summed E-state index contributed by atoms with van der Waals surface area (Å²) in [6, 6.07) is 6.66. The molecule has 0 saturated carbocycles. The molecule has 0 spiro atoms. The van der Waals surface area contributed by atoms with E-state index in [-0.39, 0.29) is 10.7 Å². The molecule has 0 N–H and O–H groups in total. The SMILES string of the molecule is CO/N=C(/C(=O)OC)c1ccccc1/C=C(\Cl)C(=O)Cl. The average Bonchev–Trinajstić information content (AvgIpc) is 2.44. The Hall–Kier alpha value is -1.85. The van der Waals surface area contributed by atoms with Crippen molar-refractivity contribution in [3.8, 4) is 0 Å². The van der Waals surface area contributed by atoms with Crippen LogP contribution in [-0.4, -0.2) is 31.1 Å².